The van der Waals surface area contributed by atoms with Crippen LogP contribution in [0.25, 0.3) is 6.08 Å². The van der Waals surface area contributed by atoms with Crippen LogP contribution in [-0.2, 0) is 9.59 Å². The summed E-state index contributed by atoms with van der Waals surface area (Å²) in [6.07, 6.45) is 1.50. The number of carbonyl (C=O) groups is 3. The second-order valence-corrected chi connectivity index (χ2v) is 8.10. The van der Waals surface area contributed by atoms with Crippen LogP contribution >= 0.6 is 35.0 Å². The maximum absolute atomic E-state index is 12.7. The molecule has 1 fully saturated rings. The number of carbonyl (C=O) groups excluding carboxylic acids is 3. The number of rotatable bonds is 7. The number of methoxy groups -OCH3 is 1. The lowest BCUT2D eigenvalue weighted by atomic mass is 10.2. The van der Waals surface area contributed by atoms with Crippen LogP contribution in [0.5, 0.6) is 11.5 Å². The van der Waals surface area contributed by atoms with Crippen molar-refractivity contribution in [2.75, 3.05) is 25.6 Å². The van der Waals surface area contributed by atoms with Crippen LogP contribution in [-0.4, -0.2) is 42.2 Å². The molecule has 0 spiro atoms. The molecule has 1 N–H and O–H groups in total. The van der Waals surface area contributed by atoms with E-state index in [-0.39, 0.29) is 4.91 Å². The Labute approximate surface area is 193 Å². The first-order valence-electron chi connectivity index (χ1n) is 9.13. The molecule has 2 aromatic carbocycles. The van der Waals surface area contributed by atoms with Gasteiger partial charge in [-0.1, -0.05) is 23.2 Å². The van der Waals surface area contributed by atoms with Crippen molar-refractivity contribution in [2.45, 2.75) is 6.92 Å². The highest BCUT2D eigenvalue weighted by atomic mass is 35.5. The van der Waals surface area contributed by atoms with E-state index in [1.807, 2.05) is 0 Å². The number of hydrogen-bond acceptors (Lipinski definition) is 6. The van der Waals surface area contributed by atoms with Crippen molar-refractivity contribution in [3.05, 3.63) is 56.9 Å². The molecule has 0 aromatic heterocycles. The van der Waals surface area contributed by atoms with E-state index in [1.54, 1.807) is 43.3 Å². The van der Waals surface area contributed by atoms with Crippen LogP contribution in [0.1, 0.15) is 12.5 Å². The largest absolute Gasteiger partial charge is 0.497 e. The van der Waals surface area contributed by atoms with Gasteiger partial charge in [-0.25, -0.2) is 0 Å². The number of anilines is 1. The van der Waals surface area contributed by atoms with Gasteiger partial charge in [-0.15, -0.1) is 0 Å². The molecule has 7 nitrogen and oxygen atoms in total. The molecule has 1 heterocycles. The fourth-order valence-corrected chi connectivity index (χ4v) is 4.20. The fraction of sp³-hybridized carbons (Fsp3) is 0.190. The minimum Gasteiger partial charge on any atom is -0.497 e. The number of ether oxygens (including phenoxy) is 2. The normalized spacial score (nSPS) is 14.8. The quantitative estimate of drug-likeness (QED) is 0.556. The van der Waals surface area contributed by atoms with Crippen LogP contribution in [0, 0.1) is 0 Å². The summed E-state index contributed by atoms with van der Waals surface area (Å²) in [5.41, 5.74) is 1.05. The minimum absolute atomic E-state index is 0.165. The molecule has 10 heteroatoms. The van der Waals surface area contributed by atoms with Gasteiger partial charge in [0.2, 0.25) is 5.91 Å². The number of thioether (sulfide) groups is 1. The molecular formula is C21H18Cl2N2O5S. The molecule has 1 aliphatic heterocycles. The summed E-state index contributed by atoms with van der Waals surface area (Å²) in [5, 5.41) is 2.68. The zero-order valence-corrected chi connectivity index (χ0v) is 18.9. The van der Waals surface area contributed by atoms with E-state index < -0.39 is 23.6 Å². The molecule has 1 aliphatic rings. The molecule has 31 heavy (non-hydrogen) atoms. The Morgan fingerprint density at radius 2 is 1.81 bits per heavy atom. The van der Waals surface area contributed by atoms with E-state index in [0.29, 0.717) is 39.4 Å². The number of hydrogen-bond donors (Lipinski definition) is 1. The lowest BCUT2D eigenvalue weighted by molar-refractivity contribution is -0.127. The Morgan fingerprint density at radius 1 is 1.16 bits per heavy atom. The topological polar surface area (TPSA) is 84.9 Å². The molecule has 162 valence electrons. The van der Waals surface area contributed by atoms with E-state index >= 15 is 0 Å². The van der Waals surface area contributed by atoms with Gasteiger partial charge in [0.15, 0.2) is 5.75 Å². The first-order chi connectivity index (χ1) is 14.8. The molecular weight excluding hydrogens is 463 g/mol. The Balaban J connectivity index is 1.70. The smallest absolute Gasteiger partial charge is 0.294 e. The summed E-state index contributed by atoms with van der Waals surface area (Å²) < 4.78 is 10.4. The highest BCUT2D eigenvalue weighted by Crippen LogP contribution is 2.37. The van der Waals surface area contributed by atoms with Gasteiger partial charge < -0.3 is 14.8 Å². The molecule has 0 aliphatic carbocycles. The van der Waals surface area contributed by atoms with Gasteiger partial charge in [0, 0.05) is 5.69 Å². The SMILES string of the molecule is CCOc1c(Cl)cc(/C=C2/SC(=O)N(CC(=O)Nc3ccc(OC)cc3)C2=O)cc1Cl. The van der Waals surface area contributed by atoms with Crippen LogP contribution < -0.4 is 14.8 Å². The molecule has 3 rings (SSSR count). The van der Waals surface area contributed by atoms with E-state index in [0.717, 1.165) is 16.7 Å². The second-order valence-electron chi connectivity index (χ2n) is 6.29. The van der Waals surface area contributed by atoms with Crippen molar-refractivity contribution >= 4 is 63.8 Å². The third-order valence-corrected chi connectivity index (χ3v) is 5.63. The Morgan fingerprint density at radius 3 is 2.39 bits per heavy atom. The second kappa shape index (κ2) is 10.1. The Bertz CT molecular complexity index is 1030. The van der Waals surface area contributed by atoms with Gasteiger partial charge in [-0.2, -0.15) is 0 Å². The maximum Gasteiger partial charge on any atom is 0.294 e. The lowest BCUT2D eigenvalue weighted by Crippen LogP contribution is -2.36. The van der Waals surface area contributed by atoms with Gasteiger partial charge in [0.1, 0.15) is 12.3 Å². The summed E-state index contributed by atoms with van der Waals surface area (Å²) in [6.45, 7) is 1.80. The minimum atomic E-state index is -0.569. The van der Waals surface area contributed by atoms with Crippen LogP contribution in [0.3, 0.4) is 0 Å². The highest BCUT2D eigenvalue weighted by Gasteiger charge is 2.36. The average molecular weight is 481 g/mol. The fourth-order valence-electron chi connectivity index (χ4n) is 2.75. The summed E-state index contributed by atoms with van der Waals surface area (Å²) >= 11 is 13.1. The van der Waals surface area contributed by atoms with Gasteiger partial charge in [0.25, 0.3) is 11.1 Å². The maximum atomic E-state index is 12.7. The number of nitrogens with zero attached hydrogens (tertiary/aromatic N) is 1. The molecule has 0 bridgehead atoms. The number of amides is 3. The molecule has 0 saturated carbocycles. The predicted molar refractivity (Wildman–Crippen MR) is 122 cm³/mol. The van der Waals surface area contributed by atoms with E-state index in [9.17, 15) is 14.4 Å². The van der Waals surface area contributed by atoms with Crippen molar-refractivity contribution in [1.82, 2.24) is 4.90 Å². The molecule has 0 radical (unpaired) electrons. The van der Waals surface area contributed by atoms with Crippen molar-refractivity contribution in [3.63, 3.8) is 0 Å². The van der Waals surface area contributed by atoms with Crippen LogP contribution in [0.2, 0.25) is 10.0 Å². The summed E-state index contributed by atoms with van der Waals surface area (Å²) in [6, 6.07) is 9.86. The van der Waals surface area contributed by atoms with Gasteiger partial charge in [-0.3, -0.25) is 19.3 Å². The van der Waals surface area contributed by atoms with Crippen LogP contribution in [0.4, 0.5) is 10.5 Å². The standard InChI is InChI=1S/C21H18Cl2N2O5S/c1-3-30-19-15(22)8-12(9-16(19)23)10-17-20(27)25(21(28)31-17)11-18(26)24-13-4-6-14(29-2)7-5-13/h4-10H,3,11H2,1-2H3,(H,24,26)/b17-10+. The first kappa shape index (κ1) is 23.0. The number of imide groups is 1. The predicted octanol–water partition coefficient (Wildman–Crippen LogP) is 5.08. The number of halogens is 2. The van der Waals surface area contributed by atoms with Gasteiger partial charge in [0.05, 0.1) is 28.7 Å². The molecule has 3 amide bonds. The summed E-state index contributed by atoms with van der Waals surface area (Å²) in [4.78, 5) is 38.3. The average Bonchev–Trinajstić information content (AvgIpc) is 2.98. The van der Waals surface area contributed by atoms with Gasteiger partial charge >= 0.3 is 0 Å². The Kier molecular flexibility index (Phi) is 7.48. The molecule has 0 unspecified atom stereocenters. The van der Waals surface area contributed by atoms with Gasteiger partial charge in [-0.05, 0) is 66.7 Å². The third-order valence-electron chi connectivity index (χ3n) is 4.16. The summed E-state index contributed by atoms with van der Waals surface area (Å²) in [7, 11) is 1.54. The molecule has 1 saturated heterocycles. The number of benzene rings is 2. The molecule has 2 aromatic rings. The van der Waals surface area contributed by atoms with E-state index in [4.69, 9.17) is 32.7 Å². The summed E-state index contributed by atoms with van der Waals surface area (Å²) in [5.74, 6) is -0.0725. The van der Waals surface area contributed by atoms with Crippen molar-refractivity contribution in [3.8, 4) is 11.5 Å². The van der Waals surface area contributed by atoms with Crippen molar-refractivity contribution < 1.29 is 23.9 Å². The first-order valence-corrected chi connectivity index (χ1v) is 10.7. The van der Waals surface area contributed by atoms with Crippen molar-refractivity contribution in [2.24, 2.45) is 0 Å². The Hall–Kier alpha value is -2.68. The highest BCUT2D eigenvalue weighted by molar-refractivity contribution is 8.18. The van der Waals surface area contributed by atoms with E-state index in [2.05, 4.69) is 5.32 Å². The van der Waals surface area contributed by atoms with E-state index in [1.165, 1.54) is 13.2 Å². The number of nitrogens with one attached hydrogen (secondary N) is 1. The van der Waals surface area contributed by atoms with Crippen LogP contribution in [0.15, 0.2) is 41.3 Å². The van der Waals surface area contributed by atoms with Crippen molar-refractivity contribution in [1.29, 1.82) is 0 Å². The molecule has 0 atom stereocenters. The monoisotopic (exact) mass is 480 g/mol. The lowest BCUT2D eigenvalue weighted by Gasteiger charge is -2.12. The zero-order valence-electron chi connectivity index (χ0n) is 16.6. The third kappa shape index (κ3) is 5.52. The zero-order chi connectivity index (χ0) is 22.5.